The first kappa shape index (κ1) is 8.63. The first-order chi connectivity index (χ1) is 3.39. The Balaban J connectivity index is 0.000000490. The Bertz CT molecular complexity index is 82.5. The van der Waals surface area contributed by atoms with Crippen LogP contribution in [0.25, 0.3) is 0 Å². The molecular formula is C5H7O2Y-. The third-order valence-electron chi connectivity index (χ3n) is 0.724. The molecule has 2 nitrogen and oxygen atoms in total. The van der Waals surface area contributed by atoms with E-state index in [-0.39, 0.29) is 38.8 Å². The van der Waals surface area contributed by atoms with Crippen molar-refractivity contribution in [3.05, 3.63) is 18.8 Å². The van der Waals surface area contributed by atoms with Gasteiger partial charge >= 0.3 is 0 Å². The average Bonchev–Trinajstić information content (AvgIpc) is 1.69. The molecule has 8 heavy (non-hydrogen) atoms. The molecule has 0 spiro atoms. The molecule has 0 saturated carbocycles. The molecule has 0 amide bonds. The zero-order valence-corrected chi connectivity index (χ0v) is 7.54. The smallest absolute Gasteiger partial charge is 0.0434 e. The zero-order valence-electron chi connectivity index (χ0n) is 4.70. The van der Waals surface area contributed by atoms with Gasteiger partial charge in [-0.05, 0) is 6.92 Å². The molecule has 0 aromatic heterocycles. The van der Waals surface area contributed by atoms with Crippen LogP contribution in [0.1, 0.15) is 6.92 Å². The van der Waals surface area contributed by atoms with E-state index in [1.54, 1.807) is 0 Å². The van der Waals surface area contributed by atoms with Gasteiger partial charge in [0, 0.05) is 38.8 Å². The summed E-state index contributed by atoms with van der Waals surface area (Å²) in [4.78, 5) is 9.11. The molecule has 1 heterocycles. The van der Waals surface area contributed by atoms with Gasteiger partial charge in [0.1, 0.15) is 0 Å². The second-order valence-corrected chi connectivity index (χ2v) is 1.42. The van der Waals surface area contributed by atoms with Crippen molar-refractivity contribution in [3.8, 4) is 0 Å². The molecule has 0 fully saturated rings. The van der Waals surface area contributed by atoms with Crippen LogP contribution in [0.15, 0.2) is 12.2 Å². The van der Waals surface area contributed by atoms with E-state index in [0.29, 0.717) is 0 Å². The third kappa shape index (κ3) is 2.82. The fourth-order valence-electron chi connectivity index (χ4n) is 0.386. The van der Waals surface area contributed by atoms with Gasteiger partial charge < -0.3 is 4.89 Å². The summed E-state index contributed by atoms with van der Waals surface area (Å²) >= 11 is 0. The molecule has 0 bridgehead atoms. The normalized spacial score (nSPS) is 25.9. The van der Waals surface area contributed by atoms with Gasteiger partial charge in [0.15, 0.2) is 0 Å². The minimum Gasteiger partial charge on any atom is -0.302 e. The van der Waals surface area contributed by atoms with Crippen molar-refractivity contribution in [1.82, 2.24) is 0 Å². The van der Waals surface area contributed by atoms with Crippen LogP contribution >= 0.6 is 0 Å². The van der Waals surface area contributed by atoms with Crippen molar-refractivity contribution in [3.63, 3.8) is 0 Å². The Kier molecular flexibility index (Phi) is 4.86. The third-order valence-corrected chi connectivity index (χ3v) is 0.724. The summed E-state index contributed by atoms with van der Waals surface area (Å²) in [5, 5.41) is 0. The minimum absolute atomic E-state index is 0. The predicted octanol–water partition coefficient (Wildman–Crippen LogP) is 1.05. The molecule has 3 heteroatoms. The molecule has 1 rings (SSSR count). The minimum atomic E-state index is 0. The maximum absolute atomic E-state index is 4.64. The largest absolute Gasteiger partial charge is 0.302 e. The first-order valence-electron chi connectivity index (χ1n) is 2.22. The van der Waals surface area contributed by atoms with E-state index in [4.69, 9.17) is 0 Å². The van der Waals surface area contributed by atoms with Crippen molar-refractivity contribution in [2.24, 2.45) is 0 Å². The number of rotatable bonds is 0. The molecule has 0 N–H and O–H groups in total. The Morgan fingerprint density at radius 2 is 2.38 bits per heavy atom. The van der Waals surface area contributed by atoms with Crippen molar-refractivity contribution in [2.45, 2.75) is 13.0 Å². The first-order valence-corrected chi connectivity index (χ1v) is 2.22. The summed E-state index contributed by atoms with van der Waals surface area (Å²) in [6, 6.07) is 0. The van der Waals surface area contributed by atoms with Gasteiger partial charge in [-0.2, -0.15) is 6.08 Å². The van der Waals surface area contributed by atoms with E-state index in [1.165, 1.54) is 6.61 Å². The van der Waals surface area contributed by atoms with Crippen LogP contribution in [0.2, 0.25) is 0 Å². The topological polar surface area (TPSA) is 18.5 Å². The monoisotopic (exact) mass is 188 g/mol. The fraction of sp³-hybridized carbons (Fsp3) is 0.400. The summed E-state index contributed by atoms with van der Waals surface area (Å²) in [5.41, 5.74) is 0. The molecule has 1 atom stereocenters. The molecule has 0 aromatic rings. The van der Waals surface area contributed by atoms with Gasteiger partial charge in [-0.3, -0.25) is 4.89 Å². The van der Waals surface area contributed by atoms with Crippen LogP contribution in [-0.2, 0) is 42.5 Å². The van der Waals surface area contributed by atoms with Crippen molar-refractivity contribution >= 4 is 0 Å². The van der Waals surface area contributed by atoms with Crippen molar-refractivity contribution < 1.29 is 42.5 Å². The quantitative estimate of drug-likeness (QED) is 0.417. The molecule has 1 aliphatic rings. The predicted molar refractivity (Wildman–Crippen MR) is 25.1 cm³/mol. The SMILES string of the molecule is C[C@H]1C=C[CH-]OO1.[Y]. The Morgan fingerprint density at radius 1 is 1.62 bits per heavy atom. The van der Waals surface area contributed by atoms with Crippen LogP contribution in [0, 0.1) is 6.61 Å². The summed E-state index contributed by atoms with van der Waals surface area (Å²) < 4.78 is 0. The Labute approximate surface area is 74.0 Å². The van der Waals surface area contributed by atoms with E-state index in [9.17, 15) is 0 Å². The Morgan fingerprint density at radius 3 is 2.62 bits per heavy atom. The second kappa shape index (κ2) is 4.51. The summed E-state index contributed by atoms with van der Waals surface area (Å²) in [6.07, 6.45) is 3.82. The number of hydrogen-bond acceptors (Lipinski definition) is 2. The maximum atomic E-state index is 4.64. The van der Waals surface area contributed by atoms with Gasteiger partial charge in [-0.25, -0.2) is 6.08 Å². The van der Waals surface area contributed by atoms with Crippen LogP contribution < -0.4 is 0 Å². The van der Waals surface area contributed by atoms with Crippen LogP contribution in [0.5, 0.6) is 0 Å². The van der Waals surface area contributed by atoms with E-state index >= 15 is 0 Å². The van der Waals surface area contributed by atoms with E-state index in [1.807, 2.05) is 19.1 Å². The summed E-state index contributed by atoms with van der Waals surface area (Å²) in [5.74, 6) is 0. The Hall–Kier alpha value is 0.634. The van der Waals surface area contributed by atoms with E-state index in [2.05, 4.69) is 9.78 Å². The van der Waals surface area contributed by atoms with Gasteiger partial charge in [0.2, 0.25) is 0 Å². The molecule has 1 radical (unpaired) electrons. The van der Waals surface area contributed by atoms with Gasteiger partial charge in [-0.15, -0.1) is 0 Å². The van der Waals surface area contributed by atoms with Crippen molar-refractivity contribution in [2.75, 3.05) is 0 Å². The van der Waals surface area contributed by atoms with E-state index in [0.717, 1.165) is 0 Å². The fourth-order valence-corrected chi connectivity index (χ4v) is 0.386. The van der Waals surface area contributed by atoms with Crippen molar-refractivity contribution in [1.29, 1.82) is 0 Å². The van der Waals surface area contributed by atoms with Gasteiger partial charge in [0.25, 0.3) is 0 Å². The van der Waals surface area contributed by atoms with Crippen LogP contribution in [0.3, 0.4) is 0 Å². The molecule has 0 aliphatic carbocycles. The van der Waals surface area contributed by atoms with Crippen LogP contribution in [-0.4, -0.2) is 6.10 Å². The standard InChI is InChI=1S/C5H7O2.Y/c1-5-3-2-4-6-7-5;/h2-5H,1H3;/q-1;/t5-;/m0./s1. The second-order valence-electron chi connectivity index (χ2n) is 1.42. The molecule has 0 unspecified atom stereocenters. The molecular weight excluding hydrogens is 181 g/mol. The van der Waals surface area contributed by atoms with Crippen LogP contribution in [0.4, 0.5) is 0 Å². The number of hydrogen-bond donors (Lipinski definition) is 0. The maximum Gasteiger partial charge on any atom is 0.0434 e. The summed E-state index contributed by atoms with van der Waals surface area (Å²) in [6.45, 7) is 3.41. The molecule has 0 aromatic carbocycles. The van der Waals surface area contributed by atoms with Gasteiger partial charge in [0.05, 0.1) is 0 Å². The van der Waals surface area contributed by atoms with E-state index < -0.39 is 0 Å². The van der Waals surface area contributed by atoms with Gasteiger partial charge in [-0.1, -0.05) is 6.61 Å². The summed E-state index contributed by atoms with van der Waals surface area (Å²) in [7, 11) is 0. The molecule has 0 saturated heterocycles. The molecule has 1 aliphatic heterocycles. The zero-order chi connectivity index (χ0) is 5.11. The molecule has 43 valence electrons. The average molecular weight is 188 g/mol.